The summed E-state index contributed by atoms with van der Waals surface area (Å²) in [7, 11) is 0. The number of rotatable bonds is 11. The molecule has 0 spiro atoms. The molecule has 48 heavy (non-hydrogen) atoms. The largest absolute Gasteiger partial charge is 0.445 e. The molecular weight excluding hydrogens is 631 g/mol. The number of benzene rings is 2. The summed E-state index contributed by atoms with van der Waals surface area (Å²) >= 11 is 1.18. The van der Waals surface area contributed by atoms with Gasteiger partial charge in [-0.25, -0.2) is 29.1 Å². The number of hydrogen-bond donors (Lipinski definition) is 3. The fourth-order valence-electron chi connectivity index (χ4n) is 5.38. The summed E-state index contributed by atoms with van der Waals surface area (Å²) in [6.07, 6.45) is 4.09. The number of hydrogen-bond acceptors (Lipinski definition) is 9. The van der Waals surface area contributed by atoms with E-state index in [1.807, 2.05) is 44.2 Å². The van der Waals surface area contributed by atoms with E-state index in [2.05, 4.69) is 25.6 Å². The molecule has 2 aromatic carbocycles. The first-order chi connectivity index (χ1) is 23.0. The van der Waals surface area contributed by atoms with Gasteiger partial charge in [-0.2, -0.15) is 0 Å². The van der Waals surface area contributed by atoms with Gasteiger partial charge < -0.3 is 20.5 Å². The zero-order valence-corrected chi connectivity index (χ0v) is 27.6. The van der Waals surface area contributed by atoms with Gasteiger partial charge in [0.25, 0.3) is 5.91 Å². The quantitative estimate of drug-likeness (QED) is 0.149. The summed E-state index contributed by atoms with van der Waals surface area (Å²) in [5, 5.41) is 18.7. The van der Waals surface area contributed by atoms with E-state index < -0.39 is 23.1 Å². The maximum atomic E-state index is 13.9. The lowest BCUT2D eigenvalue weighted by Crippen LogP contribution is -2.44. The van der Waals surface area contributed by atoms with Crippen LogP contribution in [0, 0.1) is 18.7 Å². The van der Waals surface area contributed by atoms with Gasteiger partial charge in [-0.05, 0) is 93.1 Å². The van der Waals surface area contributed by atoms with E-state index in [1.54, 1.807) is 49.6 Å². The maximum Gasteiger partial charge on any atom is 0.408 e. The summed E-state index contributed by atoms with van der Waals surface area (Å²) in [6, 6.07) is 20.5. The van der Waals surface area contributed by atoms with E-state index in [0.29, 0.717) is 43.9 Å². The van der Waals surface area contributed by atoms with E-state index in [1.165, 1.54) is 23.5 Å². The molecule has 1 atom stereocenters. The molecule has 3 N–H and O–H groups in total. The monoisotopic (exact) mass is 666 g/mol. The summed E-state index contributed by atoms with van der Waals surface area (Å²) in [5.74, 6) is -0.516. The lowest BCUT2D eigenvalue weighted by Gasteiger charge is -2.32. The van der Waals surface area contributed by atoms with Gasteiger partial charge >= 0.3 is 6.09 Å². The number of nitrogens with zero attached hydrogens (tertiary/aromatic N) is 4. The standard InChI is InChI=1S/C36H35FN6O4S/c1-22-30(48-33(41-22)31-38-16-7-17-39-31)32(44)40-21-36(46,25-12-13-25)29-19-26(18-28(42-29)24-10-14-27(37)15-11-24)35(2,3)43-34(45)47-20-23-8-5-4-6-9-23/h4-11,14-19,25,46H,12-13,20-21H2,1-3H3,(H,40,44)(H,43,45). The van der Waals surface area contributed by atoms with Crippen LogP contribution in [0.4, 0.5) is 9.18 Å². The van der Waals surface area contributed by atoms with Crippen LogP contribution in [0.15, 0.2) is 85.2 Å². The summed E-state index contributed by atoms with van der Waals surface area (Å²) in [6.45, 7) is 5.37. The average molecular weight is 667 g/mol. The number of alkyl carbamates (subject to hydrolysis) is 1. The van der Waals surface area contributed by atoms with Crippen molar-refractivity contribution in [3.05, 3.63) is 118 Å². The summed E-state index contributed by atoms with van der Waals surface area (Å²) in [4.78, 5) is 44.6. The maximum absolute atomic E-state index is 13.9. The number of aliphatic hydroxyl groups is 1. The number of nitrogens with one attached hydrogen (secondary N) is 2. The Hall–Kier alpha value is -5.07. The number of ether oxygens (including phenoxy) is 1. The number of amides is 2. The fourth-order valence-corrected chi connectivity index (χ4v) is 6.31. The van der Waals surface area contributed by atoms with Crippen LogP contribution in [0.25, 0.3) is 22.1 Å². The first-order valence-corrected chi connectivity index (χ1v) is 16.4. The Morgan fingerprint density at radius 3 is 2.40 bits per heavy atom. The normalized spacial score (nSPS) is 14.2. The number of carbonyl (C=O) groups is 2. The molecule has 1 saturated carbocycles. The van der Waals surface area contributed by atoms with Crippen molar-refractivity contribution in [1.29, 1.82) is 0 Å². The van der Waals surface area contributed by atoms with Gasteiger partial charge in [0.05, 0.1) is 29.2 Å². The van der Waals surface area contributed by atoms with Gasteiger partial charge in [-0.3, -0.25) is 4.79 Å². The third kappa shape index (κ3) is 7.40. The van der Waals surface area contributed by atoms with Gasteiger partial charge in [0, 0.05) is 18.0 Å². The zero-order valence-electron chi connectivity index (χ0n) is 26.7. The molecule has 0 radical (unpaired) electrons. The molecule has 1 aliphatic carbocycles. The van der Waals surface area contributed by atoms with Gasteiger partial charge in [-0.15, -0.1) is 11.3 Å². The minimum atomic E-state index is -1.53. The summed E-state index contributed by atoms with van der Waals surface area (Å²) in [5.41, 5.74) is 0.948. The van der Waals surface area contributed by atoms with Gasteiger partial charge in [0.1, 0.15) is 22.9 Å². The number of halogens is 1. The second-order valence-electron chi connectivity index (χ2n) is 12.3. The lowest BCUT2D eigenvalue weighted by molar-refractivity contribution is 0.00946. The van der Waals surface area contributed by atoms with Crippen molar-refractivity contribution in [2.75, 3.05) is 6.54 Å². The predicted octanol–water partition coefficient (Wildman–Crippen LogP) is 6.30. The Morgan fingerprint density at radius 1 is 1.00 bits per heavy atom. The van der Waals surface area contributed by atoms with Crippen LogP contribution in [0.3, 0.4) is 0 Å². The highest BCUT2D eigenvalue weighted by molar-refractivity contribution is 7.17. The van der Waals surface area contributed by atoms with Crippen LogP contribution in [-0.2, 0) is 22.5 Å². The van der Waals surface area contributed by atoms with E-state index in [4.69, 9.17) is 9.72 Å². The Kier molecular flexibility index (Phi) is 9.29. The Bertz CT molecular complexity index is 1920. The van der Waals surface area contributed by atoms with Crippen molar-refractivity contribution in [1.82, 2.24) is 30.6 Å². The molecule has 3 heterocycles. The fraction of sp³-hybridized carbons (Fsp3) is 0.278. The van der Waals surface area contributed by atoms with E-state index in [0.717, 1.165) is 18.4 Å². The molecular formula is C36H35FN6O4S. The van der Waals surface area contributed by atoms with E-state index in [9.17, 15) is 19.1 Å². The molecule has 246 valence electrons. The molecule has 3 aromatic heterocycles. The van der Waals surface area contributed by atoms with Crippen LogP contribution < -0.4 is 10.6 Å². The Balaban J connectivity index is 1.28. The second-order valence-corrected chi connectivity index (χ2v) is 13.3. The predicted molar refractivity (Wildman–Crippen MR) is 179 cm³/mol. The number of aryl methyl sites for hydroxylation is 1. The van der Waals surface area contributed by atoms with Crippen molar-refractivity contribution in [2.45, 2.75) is 51.4 Å². The molecule has 0 aliphatic heterocycles. The molecule has 0 saturated heterocycles. The van der Waals surface area contributed by atoms with Crippen molar-refractivity contribution in [3.63, 3.8) is 0 Å². The minimum Gasteiger partial charge on any atom is -0.445 e. The highest BCUT2D eigenvalue weighted by atomic mass is 32.1. The third-order valence-corrected chi connectivity index (χ3v) is 9.44. The second kappa shape index (κ2) is 13.6. The lowest BCUT2D eigenvalue weighted by atomic mass is 9.87. The van der Waals surface area contributed by atoms with E-state index in [-0.39, 0.29) is 25.0 Å². The van der Waals surface area contributed by atoms with Crippen molar-refractivity contribution < 1.29 is 23.8 Å². The smallest absolute Gasteiger partial charge is 0.408 e. The van der Waals surface area contributed by atoms with Crippen molar-refractivity contribution in [2.24, 2.45) is 5.92 Å². The molecule has 1 unspecified atom stereocenters. The Labute approximate surface area is 281 Å². The molecule has 6 rings (SSSR count). The molecule has 1 aliphatic rings. The number of thiazole rings is 1. The number of aromatic nitrogens is 4. The van der Waals surface area contributed by atoms with Gasteiger partial charge in [-0.1, -0.05) is 30.3 Å². The molecule has 0 bridgehead atoms. The number of pyridine rings is 1. The van der Waals surface area contributed by atoms with Gasteiger partial charge in [0.15, 0.2) is 10.8 Å². The third-order valence-electron chi connectivity index (χ3n) is 8.29. The van der Waals surface area contributed by atoms with Crippen molar-refractivity contribution >= 4 is 23.3 Å². The van der Waals surface area contributed by atoms with Crippen LogP contribution in [0.1, 0.15) is 58.9 Å². The molecule has 12 heteroatoms. The number of carbonyl (C=O) groups excluding carboxylic acids is 2. The van der Waals surface area contributed by atoms with E-state index >= 15 is 0 Å². The molecule has 2 amide bonds. The summed E-state index contributed by atoms with van der Waals surface area (Å²) < 4.78 is 19.4. The topological polar surface area (TPSA) is 139 Å². The van der Waals surface area contributed by atoms with Crippen LogP contribution in [0.5, 0.6) is 0 Å². The molecule has 10 nitrogen and oxygen atoms in total. The zero-order chi connectivity index (χ0) is 33.9. The highest BCUT2D eigenvalue weighted by Crippen LogP contribution is 2.46. The first-order valence-electron chi connectivity index (χ1n) is 15.5. The van der Waals surface area contributed by atoms with Crippen LogP contribution in [0.2, 0.25) is 0 Å². The molecule has 5 aromatic rings. The average Bonchev–Trinajstić information content (AvgIpc) is 3.88. The Morgan fingerprint density at radius 2 is 1.71 bits per heavy atom. The molecule has 1 fully saturated rings. The minimum absolute atomic E-state index is 0.103. The van der Waals surface area contributed by atoms with Crippen molar-refractivity contribution in [3.8, 4) is 22.1 Å². The SMILES string of the molecule is Cc1nc(-c2ncccn2)sc1C(=O)NCC(O)(c1cc(C(C)(C)NC(=O)OCc2ccccc2)cc(-c2ccc(F)cc2)n1)C1CC1. The van der Waals surface area contributed by atoms with Gasteiger partial charge in [0.2, 0.25) is 0 Å². The van der Waals surface area contributed by atoms with Crippen LogP contribution in [-0.4, -0.2) is 43.6 Å². The first kappa shape index (κ1) is 32.9. The highest BCUT2D eigenvalue weighted by Gasteiger charge is 2.47. The van der Waals surface area contributed by atoms with Crippen LogP contribution >= 0.6 is 11.3 Å².